The van der Waals surface area contributed by atoms with Gasteiger partial charge in [-0.3, -0.25) is 4.79 Å². The lowest BCUT2D eigenvalue weighted by Crippen LogP contribution is -2.25. The number of hydrogen-bond donors (Lipinski definition) is 1. The van der Waals surface area contributed by atoms with Crippen LogP contribution in [0.1, 0.15) is 10.4 Å². The van der Waals surface area contributed by atoms with E-state index in [1.807, 2.05) is 42.5 Å². The van der Waals surface area contributed by atoms with E-state index in [9.17, 15) is 4.79 Å². The minimum Gasteiger partial charge on any atom is -0.316 e. The van der Waals surface area contributed by atoms with Crippen molar-refractivity contribution in [2.45, 2.75) is 17.9 Å². The van der Waals surface area contributed by atoms with Gasteiger partial charge in [-0.1, -0.05) is 23.7 Å². The number of thiazole rings is 1. The summed E-state index contributed by atoms with van der Waals surface area (Å²) in [5.41, 5.74) is 3.45. The molecule has 4 aromatic rings. The SMILES string of the molecule is CN1CCc2c(sc(NC(=O)CSc3ccc(Cl)cc3)c2-c2nc3ccccc3s2)C1. The highest BCUT2D eigenvalue weighted by Crippen LogP contribution is 2.45. The van der Waals surface area contributed by atoms with E-state index in [2.05, 4.69) is 23.3 Å². The third-order valence-corrected chi connectivity index (χ3v) is 8.64. The Hall–Kier alpha value is -1.90. The van der Waals surface area contributed by atoms with Crippen LogP contribution in [0, 0.1) is 0 Å². The van der Waals surface area contributed by atoms with Crippen LogP contribution in [0.15, 0.2) is 53.4 Å². The Balaban J connectivity index is 1.43. The number of halogens is 1. The van der Waals surface area contributed by atoms with Gasteiger partial charge in [0, 0.05) is 33.4 Å². The lowest BCUT2D eigenvalue weighted by Gasteiger charge is -2.22. The Bertz CT molecular complexity index is 1220. The van der Waals surface area contributed by atoms with Crippen LogP contribution >= 0.6 is 46.0 Å². The number of anilines is 1. The average molecular weight is 486 g/mol. The number of nitrogens with zero attached hydrogens (tertiary/aromatic N) is 2. The maximum Gasteiger partial charge on any atom is 0.235 e. The van der Waals surface area contributed by atoms with Crippen molar-refractivity contribution in [2.24, 2.45) is 0 Å². The molecule has 5 rings (SSSR count). The number of aromatic nitrogens is 1. The Morgan fingerprint density at radius 1 is 1.19 bits per heavy atom. The van der Waals surface area contributed by atoms with E-state index >= 15 is 0 Å². The van der Waals surface area contributed by atoms with Crippen molar-refractivity contribution < 1.29 is 4.79 Å². The highest BCUT2D eigenvalue weighted by atomic mass is 35.5. The van der Waals surface area contributed by atoms with Crippen molar-refractivity contribution in [2.75, 3.05) is 24.7 Å². The van der Waals surface area contributed by atoms with Gasteiger partial charge in [-0.25, -0.2) is 4.98 Å². The molecule has 0 saturated heterocycles. The highest BCUT2D eigenvalue weighted by Gasteiger charge is 2.26. The first kappa shape index (κ1) is 21.0. The molecule has 1 aliphatic heterocycles. The normalized spacial score (nSPS) is 14.0. The molecule has 0 fully saturated rings. The van der Waals surface area contributed by atoms with Gasteiger partial charge in [0.15, 0.2) is 0 Å². The third kappa shape index (κ3) is 4.52. The van der Waals surface area contributed by atoms with Crippen LogP contribution in [-0.4, -0.2) is 35.1 Å². The van der Waals surface area contributed by atoms with Gasteiger partial charge in [0.2, 0.25) is 5.91 Å². The van der Waals surface area contributed by atoms with Crippen LogP contribution in [0.4, 0.5) is 5.00 Å². The molecule has 31 heavy (non-hydrogen) atoms. The van der Waals surface area contributed by atoms with Crippen LogP contribution in [0.3, 0.4) is 0 Å². The molecule has 0 unspecified atom stereocenters. The van der Waals surface area contributed by atoms with E-state index in [1.165, 1.54) is 26.9 Å². The van der Waals surface area contributed by atoms with E-state index in [-0.39, 0.29) is 5.91 Å². The summed E-state index contributed by atoms with van der Waals surface area (Å²) in [5.74, 6) is 0.345. The fraction of sp³-hybridized carbons (Fsp3) is 0.217. The number of nitrogens with one attached hydrogen (secondary N) is 1. The maximum absolute atomic E-state index is 12.8. The zero-order valence-corrected chi connectivity index (χ0v) is 20.1. The minimum absolute atomic E-state index is 0.00531. The van der Waals surface area contributed by atoms with Gasteiger partial charge in [-0.2, -0.15) is 0 Å². The fourth-order valence-corrected chi connectivity index (χ4v) is 6.95. The lowest BCUT2D eigenvalue weighted by atomic mass is 10.0. The second kappa shape index (κ2) is 8.92. The molecule has 1 aliphatic rings. The van der Waals surface area contributed by atoms with Crippen molar-refractivity contribution in [1.82, 2.24) is 9.88 Å². The molecule has 1 amide bonds. The summed E-state index contributed by atoms with van der Waals surface area (Å²) < 4.78 is 1.17. The van der Waals surface area contributed by atoms with Crippen LogP contribution in [-0.2, 0) is 17.8 Å². The molecule has 2 aromatic heterocycles. The quantitative estimate of drug-likeness (QED) is 0.332. The molecule has 8 heteroatoms. The molecule has 0 radical (unpaired) electrons. The zero-order valence-electron chi connectivity index (χ0n) is 16.9. The monoisotopic (exact) mass is 485 g/mol. The van der Waals surface area contributed by atoms with Gasteiger partial charge in [-0.05, 0) is 55.4 Å². The fourth-order valence-electron chi connectivity index (χ4n) is 3.67. The first-order chi connectivity index (χ1) is 15.1. The summed E-state index contributed by atoms with van der Waals surface area (Å²) in [4.78, 5) is 22.4. The van der Waals surface area contributed by atoms with Gasteiger partial charge in [0.05, 0.1) is 16.0 Å². The molecule has 2 aromatic carbocycles. The van der Waals surface area contributed by atoms with Crippen molar-refractivity contribution in [3.63, 3.8) is 0 Å². The number of para-hydroxylation sites is 1. The Labute approximate surface area is 198 Å². The molecule has 0 spiro atoms. The van der Waals surface area contributed by atoms with Crippen LogP contribution in [0.25, 0.3) is 20.8 Å². The van der Waals surface area contributed by atoms with Gasteiger partial charge >= 0.3 is 0 Å². The number of carbonyl (C=O) groups is 1. The topological polar surface area (TPSA) is 45.2 Å². The first-order valence-corrected chi connectivity index (χ1v) is 12.9. The van der Waals surface area contributed by atoms with Crippen molar-refractivity contribution >= 4 is 67.2 Å². The Morgan fingerprint density at radius 2 is 2.00 bits per heavy atom. The number of benzene rings is 2. The smallest absolute Gasteiger partial charge is 0.235 e. The van der Waals surface area contributed by atoms with E-state index in [1.54, 1.807) is 22.7 Å². The minimum atomic E-state index is -0.00531. The zero-order chi connectivity index (χ0) is 21.4. The second-order valence-corrected chi connectivity index (χ2v) is 11.1. The predicted octanol–water partition coefficient (Wildman–Crippen LogP) is 6.40. The molecule has 3 heterocycles. The number of amides is 1. The molecule has 0 aliphatic carbocycles. The predicted molar refractivity (Wildman–Crippen MR) is 134 cm³/mol. The van der Waals surface area contributed by atoms with Crippen LogP contribution in [0.5, 0.6) is 0 Å². The lowest BCUT2D eigenvalue weighted by molar-refractivity contribution is -0.113. The van der Waals surface area contributed by atoms with Crippen LogP contribution in [0.2, 0.25) is 5.02 Å². The maximum atomic E-state index is 12.8. The number of hydrogen-bond acceptors (Lipinski definition) is 6. The summed E-state index contributed by atoms with van der Waals surface area (Å²) in [6.07, 6.45) is 0.975. The summed E-state index contributed by atoms with van der Waals surface area (Å²) in [6.45, 7) is 1.93. The van der Waals surface area contributed by atoms with Gasteiger partial charge in [0.1, 0.15) is 10.0 Å². The standard InChI is InChI=1S/C23H20ClN3OS3/c1-27-11-10-16-19(12-27)31-23(21(16)22-25-17-4-2-3-5-18(17)30-22)26-20(28)13-29-15-8-6-14(24)7-9-15/h2-9H,10-13H2,1H3,(H,26,28). The second-order valence-electron chi connectivity index (χ2n) is 7.47. The number of rotatable bonds is 5. The van der Waals surface area contributed by atoms with E-state index in [4.69, 9.17) is 16.6 Å². The molecule has 158 valence electrons. The van der Waals surface area contributed by atoms with Gasteiger partial charge < -0.3 is 10.2 Å². The largest absolute Gasteiger partial charge is 0.316 e. The number of likely N-dealkylation sites (N-methyl/N-ethyl adjacent to an activating group) is 1. The average Bonchev–Trinajstić information content (AvgIpc) is 3.33. The van der Waals surface area contributed by atoms with E-state index < -0.39 is 0 Å². The summed E-state index contributed by atoms with van der Waals surface area (Å²) in [7, 11) is 2.14. The first-order valence-electron chi connectivity index (χ1n) is 9.94. The van der Waals surface area contributed by atoms with Crippen molar-refractivity contribution in [1.29, 1.82) is 0 Å². The van der Waals surface area contributed by atoms with Crippen LogP contribution < -0.4 is 5.32 Å². The van der Waals surface area contributed by atoms with Crippen molar-refractivity contribution in [3.8, 4) is 10.6 Å². The van der Waals surface area contributed by atoms with E-state index in [0.717, 1.165) is 45.5 Å². The van der Waals surface area contributed by atoms with Crippen molar-refractivity contribution in [3.05, 3.63) is 64.0 Å². The molecule has 0 atom stereocenters. The van der Waals surface area contributed by atoms with Gasteiger partial charge in [0.25, 0.3) is 0 Å². The molecule has 4 nitrogen and oxygen atoms in total. The molecular formula is C23H20ClN3OS3. The number of thioether (sulfide) groups is 1. The summed E-state index contributed by atoms with van der Waals surface area (Å²) in [5, 5.41) is 5.79. The highest BCUT2D eigenvalue weighted by molar-refractivity contribution is 8.00. The molecule has 1 N–H and O–H groups in total. The third-order valence-electron chi connectivity index (χ3n) is 5.19. The van der Waals surface area contributed by atoms with E-state index in [0.29, 0.717) is 10.8 Å². The Morgan fingerprint density at radius 3 is 2.81 bits per heavy atom. The van der Waals surface area contributed by atoms with Gasteiger partial charge in [-0.15, -0.1) is 34.4 Å². The molecule has 0 saturated carbocycles. The Kier molecular flexibility index (Phi) is 6.03. The number of fused-ring (bicyclic) bond motifs is 2. The molecule has 0 bridgehead atoms. The number of carbonyl (C=O) groups excluding carboxylic acids is 1. The summed E-state index contributed by atoms with van der Waals surface area (Å²) in [6, 6.07) is 15.8. The summed E-state index contributed by atoms with van der Waals surface area (Å²) >= 11 is 10.8. The number of thiophene rings is 1. The molecular weight excluding hydrogens is 466 g/mol.